The standard InChI is InChI=1S/C19H18FNO5S/c20-13-5-3-12(4-6-13)16-15(17(23)14-2-1-11-27-14)18(24)19(25)21(16)7-9-26-10-8-22/h1-6,11,16,22,24H,7-10H2/t16-/m1/s1. The van der Waals surface area contributed by atoms with E-state index < -0.39 is 29.3 Å². The van der Waals surface area contributed by atoms with Crippen molar-refractivity contribution in [3.8, 4) is 0 Å². The molecule has 0 aliphatic carbocycles. The molecule has 1 amide bonds. The van der Waals surface area contributed by atoms with Crippen LogP contribution in [0.5, 0.6) is 0 Å². The van der Waals surface area contributed by atoms with Crippen LogP contribution in [0.4, 0.5) is 4.39 Å². The number of halogens is 1. The van der Waals surface area contributed by atoms with Gasteiger partial charge >= 0.3 is 0 Å². The molecule has 2 heterocycles. The van der Waals surface area contributed by atoms with Gasteiger partial charge in [-0.2, -0.15) is 0 Å². The fraction of sp³-hybridized carbons (Fsp3) is 0.263. The van der Waals surface area contributed by atoms with Gasteiger partial charge in [-0.1, -0.05) is 18.2 Å². The molecule has 0 radical (unpaired) electrons. The van der Waals surface area contributed by atoms with Crippen molar-refractivity contribution >= 4 is 23.0 Å². The molecule has 1 aromatic carbocycles. The van der Waals surface area contributed by atoms with Crippen LogP contribution in [0, 0.1) is 5.82 Å². The summed E-state index contributed by atoms with van der Waals surface area (Å²) in [4.78, 5) is 27.2. The summed E-state index contributed by atoms with van der Waals surface area (Å²) in [7, 11) is 0. The Balaban J connectivity index is 1.96. The van der Waals surface area contributed by atoms with Crippen molar-refractivity contribution in [3.05, 3.63) is 69.4 Å². The van der Waals surface area contributed by atoms with E-state index in [-0.39, 0.29) is 31.9 Å². The molecule has 142 valence electrons. The lowest BCUT2D eigenvalue weighted by molar-refractivity contribution is -0.130. The van der Waals surface area contributed by atoms with Crippen molar-refractivity contribution in [2.24, 2.45) is 0 Å². The molecule has 2 aromatic rings. The molecule has 2 N–H and O–H groups in total. The van der Waals surface area contributed by atoms with Crippen LogP contribution >= 0.6 is 11.3 Å². The van der Waals surface area contributed by atoms with Crippen molar-refractivity contribution in [1.82, 2.24) is 4.90 Å². The summed E-state index contributed by atoms with van der Waals surface area (Å²) in [5, 5.41) is 20.9. The third-order valence-corrected chi connectivity index (χ3v) is 5.06. The summed E-state index contributed by atoms with van der Waals surface area (Å²) in [6.07, 6.45) is 0. The summed E-state index contributed by atoms with van der Waals surface area (Å²) in [6.45, 7) is 0.189. The van der Waals surface area contributed by atoms with Crippen molar-refractivity contribution in [3.63, 3.8) is 0 Å². The molecular formula is C19H18FNO5S. The number of ketones is 1. The zero-order chi connectivity index (χ0) is 19.4. The molecule has 1 aliphatic heterocycles. The van der Waals surface area contributed by atoms with Gasteiger partial charge in [-0.25, -0.2) is 4.39 Å². The minimum absolute atomic E-state index is 0.0313. The van der Waals surface area contributed by atoms with Crippen LogP contribution in [0.1, 0.15) is 21.3 Å². The summed E-state index contributed by atoms with van der Waals surface area (Å²) < 4.78 is 18.6. The Morgan fingerprint density at radius 1 is 1.22 bits per heavy atom. The second kappa shape index (κ2) is 8.43. The van der Waals surface area contributed by atoms with E-state index in [0.29, 0.717) is 10.4 Å². The van der Waals surface area contributed by atoms with E-state index >= 15 is 0 Å². The van der Waals surface area contributed by atoms with E-state index in [4.69, 9.17) is 9.84 Å². The number of aliphatic hydroxyl groups is 2. The molecule has 6 nitrogen and oxygen atoms in total. The van der Waals surface area contributed by atoms with E-state index in [9.17, 15) is 19.1 Å². The smallest absolute Gasteiger partial charge is 0.290 e. The monoisotopic (exact) mass is 391 g/mol. The van der Waals surface area contributed by atoms with E-state index in [0.717, 1.165) is 0 Å². The number of hydrogen-bond acceptors (Lipinski definition) is 6. The molecule has 0 spiro atoms. The van der Waals surface area contributed by atoms with Crippen molar-refractivity contribution < 1.29 is 28.9 Å². The number of amides is 1. The number of carbonyl (C=O) groups is 2. The van der Waals surface area contributed by atoms with Crippen molar-refractivity contribution in [2.45, 2.75) is 6.04 Å². The normalized spacial score (nSPS) is 17.0. The van der Waals surface area contributed by atoms with Crippen LogP contribution in [-0.2, 0) is 9.53 Å². The van der Waals surface area contributed by atoms with Crippen LogP contribution in [0.2, 0.25) is 0 Å². The second-order valence-corrected chi connectivity index (χ2v) is 6.81. The highest BCUT2D eigenvalue weighted by atomic mass is 32.1. The average Bonchev–Trinajstić information content (AvgIpc) is 3.28. The molecule has 1 atom stereocenters. The first-order valence-corrected chi connectivity index (χ1v) is 9.19. The maximum atomic E-state index is 13.3. The van der Waals surface area contributed by atoms with Gasteiger partial charge in [-0.05, 0) is 29.1 Å². The lowest BCUT2D eigenvalue weighted by Crippen LogP contribution is -2.34. The molecule has 0 saturated heterocycles. The number of benzene rings is 1. The molecule has 8 heteroatoms. The Bertz CT molecular complexity index is 847. The average molecular weight is 391 g/mol. The zero-order valence-corrected chi connectivity index (χ0v) is 15.1. The van der Waals surface area contributed by atoms with E-state index in [1.807, 2.05) is 0 Å². The molecule has 1 aromatic heterocycles. The summed E-state index contributed by atoms with van der Waals surface area (Å²) in [5.74, 6) is -2.18. The fourth-order valence-electron chi connectivity index (χ4n) is 2.98. The number of rotatable bonds is 8. The lowest BCUT2D eigenvalue weighted by Gasteiger charge is -2.26. The highest BCUT2D eigenvalue weighted by Crippen LogP contribution is 2.39. The third kappa shape index (κ3) is 3.92. The van der Waals surface area contributed by atoms with E-state index in [2.05, 4.69) is 0 Å². The first-order chi connectivity index (χ1) is 13.0. The van der Waals surface area contributed by atoms with Gasteiger partial charge in [0.15, 0.2) is 5.76 Å². The SMILES string of the molecule is O=C(C1=C(O)C(=O)N(CCOCCO)[C@@H]1c1ccc(F)cc1)c1cccs1. The molecule has 0 saturated carbocycles. The summed E-state index contributed by atoms with van der Waals surface area (Å²) in [6, 6.07) is 7.92. The Morgan fingerprint density at radius 2 is 1.96 bits per heavy atom. The largest absolute Gasteiger partial charge is 0.503 e. The minimum atomic E-state index is -0.842. The first kappa shape index (κ1) is 19.2. The maximum absolute atomic E-state index is 13.3. The number of nitrogens with zero attached hydrogens (tertiary/aromatic N) is 1. The molecular weight excluding hydrogens is 373 g/mol. The van der Waals surface area contributed by atoms with E-state index in [1.165, 1.54) is 40.5 Å². The number of carbonyl (C=O) groups excluding carboxylic acids is 2. The minimum Gasteiger partial charge on any atom is -0.503 e. The zero-order valence-electron chi connectivity index (χ0n) is 14.3. The summed E-state index contributed by atoms with van der Waals surface area (Å²) in [5.41, 5.74) is 0.479. The van der Waals surface area contributed by atoms with Gasteiger partial charge in [0.1, 0.15) is 5.82 Å². The number of hydrogen-bond donors (Lipinski definition) is 2. The Morgan fingerprint density at radius 3 is 2.59 bits per heavy atom. The topological polar surface area (TPSA) is 87.1 Å². The third-order valence-electron chi connectivity index (χ3n) is 4.19. The lowest BCUT2D eigenvalue weighted by atomic mass is 9.95. The van der Waals surface area contributed by atoms with Crippen molar-refractivity contribution in [1.29, 1.82) is 0 Å². The molecule has 0 unspecified atom stereocenters. The Hall–Kier alpha value is -2.55. The van der Waals surface area contributed by atoms with Gasteiger partial charge < -0.3 is 19.8 Å². The van der Waals surface area contributed by atoms with Crippen molar-refractivity contribution in [2.75, 3.05) is 26.4 Å². The molecule has 27 heavy (non-hydrogen) atoms. The van der Waals surface area contributed by atoms with Crippen LogP contribution in [-0.4, -0.2) is 53.2 Å². The van der Waals surface area contributed by atoms with Gasteiger partial charge in [0, 0.05) is 6.54 Å². The Labute approximate surface area is 159 Å². The van der Waals surface area contributed by atoms with Crippen LogP contribution in [0.15, 0.2) is 53.1 Å². The highest BCUT2D eigenvalue weighted by molar-refractivity contribution is 7.12. The molecule has 3 rings (SSSR count). The first-order valence-electron chi connectivity index (χ1n) is 8.31. The summed E-state index contributed by atoms with van der Waals surface area (Å²) >= 11 is 1.21. The highest BCUT2D eigenvalue weighted by Gasteiger charge is 2.43. The van der Waals surface area contributed by atoms with Crippen LogP contribution in [0.3, 0.4) is 0 Å². The predicted octanol–water partition coefficient (Wildman–Crippen LogP) is 2.47. The van der Waals surface area contributed by atoms with Gasteiger partial charge in [0.25, 0.3) is 5.91 Å². The van der Waals surface area contributed by atoms with E-state index in [1.54, 1.807) is 17.5 Å². The fourth-order valence-corrected chi connectivity index (χ4v) is 3.66. The van der Waals surface area contributed by atoms with Gasteiger partial charge in [0.05, 0.1) is 36.3 Å². The number of ether oxygens (including phenoxy) is 1. The quantitative estimate of drug-likeness (QED) is 0.533. The van der Waals surface area contributed by atoms with Gasteiger partial charge in [-0.15, -0.1) is 11.3 Å². The predicted molar refractivity (Wildman–Crippen MR) is 97.1 cm³/mol. The molecule has 1 aliphatic rings. The number of thiophene rings is 1. The van der Waals surface area contributed by atoms with Gasteiger partial charge in [-0.3, -0.25) is 9.59 Å². The maximum Gasteiger partial charge on any atom is 0.290 e. The molecule has 0 fully saturated rings. The van der Waals surface area contributed by atoms with Crippen LogP contribution in [0.25, 0.3) is 0 Å². The van der Waals surface area contributed by atoms with Crippen LogP contribution < -0.4 is 0 Å². The molecule has 0 bridgehead atoms. The number of Topliss-reactive ketones (excluding diaryl/α,β-unsaturated/α-hetero) is 1. The number of aliphatic hydroxyl groups excluding tert-OH is 2. The second-order valence-electron chi connectivity index (χ2n) is 5.86. The Kier molecular flexibility index (Phi) is 6.00. The van der Waals surface area contributed by atoms with Gasteiger partial charge in [0.2, 0.25) is 5.78 Å².